The predicted octanol–water partition coefficient (Wildman–Crippen LogP) is 1.70. The molecule has 3 amide bonds. The summed E-state index contributed by atoms with van der Waals surface area (Å²) < 4.78 is 0. The van der Waals surface area contributed by atoms with Crippen molar-refractivity contribution in [2.24, 2.45) is 0 Å². The summed E-state index contributed by atoms with van der Waals surface area (Å²) in [5.74, 6) is -2.04. The van der Waals surface area contributed by atoms with Gasteiger partial charge in [-0.05, 0) is 24.1 Å². The molecule has 8 nitrogen and oxygen atoms in total. The zero-order valence-electron chi connectivity index (χ0n) is 16.6. The molecule has 31 heavy (non-hydrogen) atoms. The number of thioether (sulfide) groups is 1. The molecule has 0 saturated carbocycles. The van der Waals surface area contributed by atoms with Crippen LogP contribution in [0.15, 0.2) is 54.6 Å². The summed E-state index contributed by atoms with van der Waals surface area (Å²) in [7, 11) is 0. The molecule has 4 atom stereocenters. The van der Waals surface area contributed by atoms with E-state index in [0.717, 1.165) is 5.56 Å². The molecule has 0 bridgehead atoms. The van der Waals surface area contributed by atoms with E-state index in [4.69, 9.17) is 0 Å². The van der Waals surface area contributed by atoms with Gasteiger partial charge in [-0.15, -0.1) is 11.8 Å². The van der Waals surface area contributed by atoms with Crippen LogP contribution in [0.5, 0.6) is 0 Å². The number of carboxylic acid groups (broad SMARTS) is 1. The first-order valence-corrected chi connectivity index (χ1v) is 10.8. The first-order chi connectivity index (χ1) is 14.9. The number of carboxylic acids is 1. The van der Waals surface area contributed by atoms with Crippen LogP contribution < -0.4 is 10.6 Å². The molecule has 1 fully saturated rings. The maximum Gasteiger partial charge on any atom is 0.330 e. The van der Waals surface area contributed by atoms with Crippen LogP contribution in [0.4, 0.5) is 0 Å². The van der Waals surface area contributed by atoms with Crippen molar-refractivity contribution in [1.82, 2.24) is 15.5 Å². The first kappa shape index (κ1) is 20.9. The van der Waals surface area contributed by atoms with Crippen LogP contribution in [0.1, 0.15) is 39.8 Å². The SMILES string of the molecule is CC(NC(=O)C1CSC2c3ccccc3C(=O)N12)C(=O)NC(C(=O)O)c1ccccc1. The average molecular weight is 439 g/mol. The van der Waals surface area contributed by atoms with Crippen molar-refractivity contribution in [1.29, 1.82) is 0 Å². The highest BCUT2D eigenvalue weighted by Gasteiger charge is 2.48. The molecule has 3 N–H and O–H groups in total. The molecule has 2 aromatic rings. The standard InChI is InChI=1S/C22H21N3O5S/c1-12(18(26)24-17(22(29)30)13-7-3-2-4-8-13)23-19(27)16-11-31-21-15-10-6-5-9-14(15)20(28)25(16)21/h2-10,12,16-17,21H,11H2,1H3,(H,23,27)(H,24,26)(H,29,30). The van der Waals surface area contributed by atoms with Crippen LogP contribution in [-0.4, -0.2) is 51.5 Å². The molecule has 0 aromatic heterocycles. The summed E-state index contributed by atoms with van der Waals surface area (Å²) in [5, 5.41) is 14.4. The summed E-state index contributed by atoms with van der Waals surface area (Å²) in [6.45, 7) is 1.48. The second-order valence-electron chi connectivity index (χ2n) is 7.42. The Morgan fingerprint density at radius 1 is 1.06 bits per heavy atom. The van der Waals surface area contributed by atoms with Crippen molar-refractivity contribution < 1.29 is 24.3 Å². The molecule has 0 aliphatic carbocycles. The van der Waals surface area contributed by atoms with Crippen molar-refractivity contribution in [2.75, 3.05) is 5.75 Å². The molecule has 160 valence electrons. The Morgan fingerprint density at radius 2 is 1.74 bits per heavy atom. The number of rotatable bonds is 6. The van der Waals surface area contributed by atoms with Crippen LogP contribution in [0.25, 0.3) is 0 Å². The lowest BCUT2D eigenvalue weighted by Gasteiger charge is -2.25. The Kier molecular flexibility index (Phi) is 5.69. The number of aliphatic carboxylic acids is 1. The fraction of sp³-hybridized carbons (Fsp3) is 0.273. The molecule has 9 heteroatoms. The number of amides is 3. The number of hydrogen-bond donors (Lipinski definition) is 3. The molecule has 2 aliphatic heterocycles. The van der Waals surface area contributed by atoms with Crippen molar-refractivity contribution in [3.05, 3.63) is 71.3 Å². The van der Waals surface area contributed by atoms with Gasteiger partial charge >= 0.3 is 5.97 Å². The quantitative estimate of drug-likeness (QED) is 0.631. The van der Waals surface area contributed by atoms with E-state index in [9.17, 15) is 24.3 Å². The lowest BCUT2D eigenvalue weighted by Crippen LogP contribution is -2.53. The van der Waals surface area contributed by atoms with Gasteiger partial charge in [0.25, 0.3) is 5.91 Å². The van der Waals surface area contributed by atoms with Gasteiger partial charge < -0.3 is 20.6 Å². The highest BCUT2D eigenvalue weighted by molar-refractivity contribution is 7.99. The molecular weight excluding hydrogens is 418 g/mol. The summed E-state index contributed by atoms with van der Waals surface area (Å²) in [6.07, 6.45) is 0. The fourth-order valence-corrected chi connectivity index (χ4v) is 5.28. The largest absolute Gasteiger partial charge is 0.479 e. The van der Waals surface area contributed by atoms with Gasteiger partial charge in [0.2, 0.25) is 11.8 Å². The van der Waals surface area contributed by atoms with Gasteiger partial charge in [0.1, 0.15) is 17.5 Å². The summed E-state index contributed by atoms with van der Waals surface area (Å²) in [5.41, 5.74) is 1.92. The van der Waals surface area contributed by atoms with E-state index in [0.29, 0.717) is 16.9 Å². The Labute approximate surface area is 183 Å². The van der Waals surface area contributed by atoms with E-state index in [2.05, 4.69) is 10.6 Å². The zero-order valence-corrected chi connectivity index (χ0v) is 17.5. The van der Waals surface area contributed by atoms with Crippen LogP contribution in [0.3, 0.4) is 0 Å². The minimum atomic E-state index is -1.23. The van der Waals surface area contributed by atoms with Crippen molar-refractivity contribution in [3.63, 3.8) is 0 Å². The van der Waals surface area contributed by atoms with Gasteiger partial charge in [-0.3, -0.25) is 14.4 Å². The Hall–Kier alpha value is -3.33. The molecule has 2 heterocycles. The van der Waals surface area contributed by atoms with Gasteiger partial charge in [-0.2, -0.15) is 0 Å². The normalized spacial score (nSPS) is 21.1. The number of hydrogen-bond acceptors (Lipinski definition) is 5. The number of fused-ring (bicyclic) bond motifs is 3. The topological polar surface area (TPSA) is 116 Å². The van der Waals surface area contributed by atoms with Gasteiger partial charge in [0.15, 0.2) is 6.04 Å². The lowest BCUT2D eigenvalue weighted by atomic mass is 10.1. The number of nitrogens with one attached hydrogen (secondary N) is 2. The van der Waals surface area contributed by atoms with Crippen LogP contribution in [0, 0.1) is 0 Å². The molecule has 4 unspecified atom stereocenters. The molecule has 0 radical (unpaired) electrons. The van der Waals surface area contributed by atoms with Gasteiger partial charge in [0, 0.05) is 11.3 Å². The minimum absolute atomic E-state index is 0.196. The number of carbonyl (C=O) groups is 4. The molecule has 1 saturated heterocycles. The van der Waals surface area contributed by atoms with Gasteiger partial charge in [-0.1, -0.05) is 48.5 Å². The van der Waals surface area contributed by atoms with Crippen molar-refractivity contribution >= 4 is 35.5 Å². The van der Waals surface area contributed by atoms with Crippen LogP contribution >= 0.6 is 11.8 Å². The van der Waals surface area contributed by atoms with Crippen LogP contribution in [0.2, 0.25) is 0 Å². The van der Waals surface area contributed by atoms with E-state index in [-0.39, 0.29) is 11.3 Å². The lowest BCUT2D eigenvalue weighted by molar-refractivity contribution is -0.142. The average Bonchev–Trinajstić information content (AvgIpc) is 3.32. The number of nitrogens with zero attached hydrogens (tertiary/aromatic N) is 1. The minimum Gasteiger partial charge on any atom is -0.479 e. The zero-order chi connectivity index (χ0) is 22.1. The molecule has 4 rings (SSSR count). The van der Waals surface area contributed by atoms with Crippen molar-refractivity contribution in [2.45, 2.75) is 30.4 Å². The Balaban J connectivity index is 1.41. The van der Waals surface area contributed by atoms with E-state index in [1.165, 1.54) is 18.7 Å². The third kappa shape index (κ3) is 3.88. The summed E-state index contributed by atoms with van der Waals surface area (Å²) >= 11 is 1.51. The Bertz CT molecular complexity index is 1040. The molecule has 0 spiro atoms. The molecular formula is C22H21N3O5S. The van der Waals surface area contributed by atoms with E-state index in [1.807, 2.05) is 12.1 Å². The number of benzene rings is 2. The number of carbonyl (C=O) groups excluding carboxylic acids is 3. The second kappa shape index (κ2) is 8.43. The molecule has 2 aromatic carbocycles. The fourth-order valence-electron chi connectivity index (χ4n) is 3.82. The van der Waals surface area contributed by atoms with Gasteiger partial charge in [0.05, 0.1) is 0 Å². The van der Waals surface area contributed by atoms with Crippen LogP contribution in [-0.2, 0) is 14.4 Å². The third-order valence-electron chi connectivity index (χ3n) is 5.41. The summed E-state index contributed by atoms with van der Waals surface area (Å²) in [4.78, 5) is 51.4. The smallest absolute Gasteiger partial charge is 0.330 e. The van der Waals surface area contributed by atoms with Crippen molar-refractivity contribution in [3.8, 4) is 0 Å². The Morgan fingerprint density at radius 3 is 2.45 bits per heavy atom. The molecule has 2 aliphatic rings. The maximum atomic E-state index is 12.9. The van der Waals surface area contributed by atoms with Gasteiger partial charge in [-0.25, -0.2) is 4.79 Å². The highest BCUT2D eigenvalue weighted by Crippen LogP contribution is 2.48. The van der Waals surface area contributed by atoms with E-state index in [1.54, 1.807) is 47.4 Å². The van der Waals surface area contributed by atoms with E-state index < -0.39 is 35.9 Å². The maximum absolute atomic E-state index is 12.9. The predicted molar refractivity (Wildman–Crippen MR) is 114 cm³/mol. The highest BCUT2D eigenvalue weighted by atomic mass is 32.2. The first-order valence-electron chi connectivity index (χ1n) is 9.80. The second-order valence-corrected chi connectivity index (χ2v) is 8.54. The van der Waals surface area contributed by atoms with E-state index >= 15 is 0 Å². The summed E-state index contributed by atoms with van der Waals surface area (Å²) in [6, 6.07) is 12.7. The third-order valence-corrected chi connectivity index (χ3v) is 6.72. The monoisotopic (exact) mass is 439 g/mol.